The lowest BCUT2D eigenvalue weighted by Crippen LogP contribution is -2.16. The molecule has 0 bridgehead atoms. The van der Waals surface area contributed by atoms with Gasteiger partial charge in [-0.1, -0.05) is 31.2 Å². The summed E-state index contributed by atoms with van der Waals surface area (Å²) in [5.74, 6) is 1.60. The van der Waals surface area contributed by atoms with E-state index in [2.05, 4.69) is 63.7 Å². The number of anilines is 1. The Kier molecular flexibility index (Phi) is 4.52. The van der Waals surface area contributed by atoms with Gasteiger partial charge in [0, 0.05) is 13.1 Å². The maximum absolute atomic E-state index is 4.51. The molecule has 0 saturated heterocycles. The normalized spacial score (nSPS) is 11.3. The minimum absolute atomic E-state index is 0.739. The highest BCUT2D eigenvalue weighted by Gasteiger charge is 2.04. The molecule has 6 heteroatoms. The van der Waals surface area contributed by atoms with Crippen molar-refractivity contribution in [1.82, 2.24) is 24.7 Å². The van der Waals surface area contributed by atoms with Gasteiger partial charge in [-0.3, -0.25) is 0 Å². The van der Waals surface area contributed by atoms with E-state index in [4.69, 9.17) is 0 Å². The standard InChI is InChI=1S/C17H22N6/c1-4-22(3)12-15-7-5-6-14(10-15)11-18-16-8-9-17-20-19-13(2)23(17)21-16/h5-10H,4,11-12H2,1-3H3,(H,18,21). The largest absolute Gasteiger partial charge is 0.365 e. The van der Waals surface area contributed by atoms with Crippen LogP contribution in [0.25, 0.3) is 5.65 Å². The quantitative estimate of drug-likeness (QED) is 0.758. The van der Waals surface area contributed by atoms with Gasteiger partial charge in [-0.05, 0) is 43.8 Å². The van der Waals surface area contributed by atoms with Gasteiger partial charge in [0.25, 0.3) is 0 Å². The monoisotopic (exact) mass is 310 g/mol. The summed E-state index contributed by atoms with van der Waals surface area (Å²) < 4.78 is 1.75. The number of aryl methyl sites for hydroxylation is 1. The number of nitrogens with zero attached hydrogens (tertiary/aromatic N) is 5. The number of hydrogen-bond acceptors (Lipinski definition) is 5. The summed E-state index contributed by atoms with van der Waals surface area (Å²) in [6, 6.07) is 12.5. The Morgan fingerprint density at radius 2 is 1.96 bits per heavy atom. The second-order valence-electron chi connectivity index (χ2n) is 5.74. The van der Waals surface area contributed by atoms with Crippen molar-refractivity contribution in [2.24, 2.45) is 0 Å². The van der Waals surface area contributed by atoms with Gasteiger partial charge >= 0.3 is 0 Å². The summed E-state index contributed by atoms with van der Waals surface area (Å²) >= 11 is 0. The van der Waals surface area contributed by atoms with Gasteiger partial charge in [0.15, 0.2) is 11.5 Å². The summed E-state index contributed by atoms with van der Waals surface area (Å²) in [5.41, 5.74) is 3.33. The van der Waals surface area contributed by atoms with E-state index in [1.54, 1.807) is 4.52 Å². The SMILES string of the molecule is CCN(C)Cc1cccc(CNc2ccc3nnc(C)n3n2)c1. The molecule has 3 rings (SSSR count). The van der Waals surface area contributed by atoms with Crippen molar-refractivity contribution in [3.8, 4) is 0 Å². The van der Waals surface area contributed by atoms with Crippen LogP contribution >= 0.6 is 0 Å². The molecule has 120 valence electrons. The zero-order chi connectivity index (χ0) is 16.2. The molecule has 6 nitrogen and oxygen atoms in total. The molecule has 0 aliphatic heterocycles. The topological polar surface area (TPSA) is 58.3 Å². The molecular formula is C17H22N6. The van der Waals surface area contributed by atoms with Crippen LogP contribution in [0.2, 0.25) is 0 Å². The van der Waals surface area contributed by atoms with Crippen LogP contribution in [0.5, 0.6) is 0 Å². The third-order valence-electron chi connectivity index (χ3n) is 3.88. The fourth-order valence-electron chi connectivity index (χ4n) is 2.44. The van der Waals surface area contributed by atoms with Crippen LogP contribution in [-0.2, 0) is 13.1 Å². The van der Waals surface area contributed by atoms with Crippen molar-refractivity contribution in [3.63, 3.8) is 0 Å². The summed E-state index contributed by atoms with van der Waals surface area (Å²) in [5, 5.41) is 15.9. The number of nitrogens with one attached hydrogen (secondary N) is 1. The Morgan fingerprint density at radius 1 is 1.13 bits per heavy atom. The summed E-state index contributed by atoms with van der Waals surface area (Å²) in [4.78, 5) is 2.29. The van der Waals surface area contributed by atoms with Crippen LogP contribution in [0.3, 0.4) is 0 Å². The Labute approximate surface area is 136 Å². The molecule has 3 aromatic rings. The average Bonchev–Trinajstić information content (AvgIpc) is 2.94. The fourth-order valence-corrected chi connectivity index (χ4v) is 2.44. The number of aromatic nitrogens is 4. The molecular weight excluding hydrogens is 288 g/mol. The summed E-state index contributed by atoms with van der Waals surface area (Å²) in [6.07, 6.45) is 0. The van der Waals surface area contributed by atoms with Crippen LogP contribution < -0.4 is 5.32 Å². The van der Waals surface area contributed by atoms with E-state index in [1.165, 1.54) is 11.1 Å². The Bertz CT molecular complexity index is 795. The molecule has 0 radical (unpaired) electrons. The molecule has 1 N–H and O–H groups in total. The third kappa shape index (κ3) is 3.65. The molecule has 2 aromatic heterocycles. The van der Waals surface area contributed by atoms with Crippen molar-refractivity contribution in [2.45, 2.75) is 26.9 Å². The second-order valence-corrected chi connectivity index (χ2v) is 5.74. The second kappa shape index (κ2) is 6.75. The molecule has 0 atom stereocenters. The highest BCUT2D eigenvalue weighted by Crippen LogP contribution is 2.11. The van der Waals surface area contributed by atoms with E-state index in [0.29, 0.717) is 0 Å². The van der Waals surface area contributed by atoms with Crippen molar-refractivity contribution >= 4 is 11.5 Å². The first-order chi connectivity index (χ1) is 11.2. The molecule has 1 aromatic carbocycles. The molecule has 0 aliphatic rings. The van der Waals surface area contributed by atoms with Gasteiger partial charge in [-0.25, -0.2) is 0 Å². The van der Waals surface area contributed by atoms with E-state index < -0.39 is 0 Å². The molecule has 0 fully saturated rings. The van der Waals surface area contributed by atoms with Crippen LogP contribution in [0.1, 0.15) is 23.9 Å². The zero-order valence-electron chi connectivity index (χ0n) is 13.8. The van der Waals surface area contributed by atoms with Gasteiger partial charge in [0.1, 0.15) is 5.82 Å². The van der Waals surface area contributed by atoms with Gasteiger partial charge in [-0.2, -0.15) is 4.52 Å². The number of rotatable bonds is 6. The lowest BCUT2D eigenvalue weighted by molar-refractivity contribution is 0.345. The summed E-state index contributed by atoms with van der Waals surface area (Å²) in [6.45, 7) is 6.81. The van der Waals surface area contributed by atoms with Crippen LogP contribution in [0, 0.1) is 6.92 Å². The molecule has 0 unspecified atom stereocenters. The first-order valence-corrected chi connectivity index (χ1v) is 7.85. The zero-order valence-corrected chi connectivity index (χ0v) is 13.8. The van der Waals surface area contributed by atoms with E-state index in [0.717, 1.165) is 36.9 Å². The molecule has 0 amide bonds. The van der Waals surface area contributed by atoms with E-state index in [-0.39, 0.29) is 0 Å². The van der Waals surface area contributed by atoms with Gasteiger partial charge in [0.05, 0.1) is 0 Å². The predicted molar refractivity (Wildman–Crippen MR) is 91.3 cm³/mol. The maximum atomic E-state index is 4.51. The smallest absolute Gasteiger partial charge is 0.178 e. The minimum Gasteiger partial charge on any atom is -0.365 e. The highest BCUT2D eigenvalue weighted by molar-refractivity contribution is 5.44. The van der Waals surface area contributed by atoms with Crippen molar-refractivity contribution < 1.29 is 0 Å². The van der Waals surface area contributed by atoms with Gasteiger partial charge in [-0.15, -0.1) is 15.3 Å². The first kappa shape index (κ1) is 15.4. The van der Waals surface area contributed by atoms with E-state index >= 15 is 0 Å². The molecule has 23 heavy (non-hydrogen) atoms. The van der Waals surface area contributed by atoms with Crippen molar-refractivity contribution in [3.05, 3.63) is 53.3 Å². The summed E-state index contributed by atoms with van der Waals surface area (Å²) in [7, 11) is 2.13. The number of benzene rings is 1. The molecule has 2 heterocycles. The van der Waals surface area contributed by atoms with Crippen LogP contribution in [-0.4, -0.2) is 38.3 Å². The van der Waals surface area contributed by atoms with Crippen LogP contribution in [0.15, 0.2) is 36.4 Å². The van der Waals surface area contributed by atoms with Gasteiger partial charge < -0.3 is 10.2 Å². The Balaban J connectivity index is 1.69. The predicted octanol–water partition coefficient (Wildman–Crippen LogP) is 2.50. The number of hydrogen-bond donors (Lipinski definition) is 1. The highest BCUT2D eigenvalue weighted by atomic mass is 15.4. The maximum Gasteiger partial charge on any atom is 0.178 e. The molecule has 0 saturated carbocycles. The van der Waals surface area contributed by atoms with Crippen molar-refractivity contribution in [2.75, 3.05) is 18.9 Å². The van der Waals surface area contributed by atoms with Gasteiger partial charge in [0.2, 0.25) is 0 Å². The van der Waals surface area contributed by atoms with Crippen LogP contribution in [0.4, 0.5) is 5.82 Å². The number of fused-ring (bicyclic) bond motifs is 1. The van der Waals surface area contributed by atoms with Crippen molar-refractivity contribution in [1.29, 1.82) is 0 Å². The molecule has 0 spiro atoms. The van der Waals surface area contributed by atoms with E-state index in [1.807, 2.05) is 19.1 Å². The third-order valence-corrected chi connectivity index (χ3v) is 3.88. The molecule has 0 aliphatic carbocycles. The first-order valence-electron chi connectivity index (χ1n) is 7.85. The Morgan fingerprint density at radius 3 is 2.78 bits per heavy atom. The lowest BCUT2D eigenvalue weighted by Gasteiger charge is -2.14. The Hall–Kier alpha value is -2.47. The van der Waals surface area contributed by atoms with E-state index in [9.17, 15) is 0 Å². The minimum atomic E-state index is 0.739. The lowest BCUT2D eigenvalue weighted by atomic mass is 10.1. The average molecular weight is 310 g/mol. The fraction of sp³-hybridized carbons (Fsp3) is 0.353.